The van der Waals surface area contributed by atoms with Crippen LogP contribution in [0.5, 0.6) is 0 Å². The van der Waals surface area contributed by atoms with Crippen molar-refractivity contribution in [3.63, 3.8) is 0 Å². The Labute approximate surface area is 128 Å². The van der Waals surface area contributed by atoms with Gasteiger partial charge in [-0.05, 0) is 18.8 Å². The van der Waals surface area contributed by atoms with Crippen LogP contribution < -0.4 is 0 Å². The molecule has 1 N–H and O–H groups in total. The highest BCUT2D eigenvalue weighted by molar-refractivity contribution is 5.93. The van der Waals surface area contributed by atoms with Gasteiger partial charge in [-0.2, -0.15) is 5.10 Å². The molecule has 0 aromatic carbocycles. The monoisotopic (exact) mass is 304 g/mol. The number of carbonyl (C=O) groups is 1. The van der Waals surface area contributed by atoms with E-state index in [9.17, 15) is 4.79 Å². The summed E-state index contributed by atoms with van der Waals surface area (Å²) >= 11 is 0. The molecule has 8 heteroatoms. The van der Waals surface area contributed by atoms with E-state index in [4.69, 9.17) is 4.74 Å². The lowest BCUT2D eigenvalue weighted by Gasteiger charge is -2.31. The lowest BCUT2D eigenvalue weighted by atomic mass is 9.96. The minimum absolute atomic E-state index is 0.0512. The molecule has 8 nitrogen and oxygen atoms in total. The van der Waals surface area contributed by atoms with Crippen LogP contribution in [0.1, 0.15) is 28.9 Å². The van der Waals surface area contributed by atoms with Crippen molar-refractivity contribution in [3.8, 4) is 0 Å². The Morgan fingerprint density at radius 2 is 2.27 bits per heavy atom. The molecular weight excluding hydrogens is 284 g/mol. The van der Waals surface area contributed by atoms with Crippen LogP contribution in [0.2, 0.25) is 0 Å². The molecule has 0 bridgehead atoms. The minimum atomic E-state index is 0.0512. The van der Waals surface area contributed by atoms with Gasteiger partial charge in [0.05, 0.1) is 24.6 Å². The Morgan fingerprint density at radius 3 is 2.95 bits per heavy atom. The summed E-state index contributed by atoms with van der Waals surface area (Å²) in [6, 6.07) is 0. The highest BCUT2D eigenvalue weighted by Gasteiger charge is 2.24. The topological polar surface area (TPSA) is 88.9 Å². The van der Waals surface area contributed by atoms with Crippen molar-refractivity contribution in [3.05, 3.63) is 29.8 Å². The van der Waals surface area contributed by atoms with Crippen molar-refractivity contribution >= 4 is 5.91 Å². The Hall–Kier alpha value is -2.22. The van der Waals surface area contributed by atoms with Gasteiger partial charge in [-0.25, -0.2) is 0 Å². The number of rotatable bonds is 5. The Kier molecular flexibility index (Phi) is 4.47. The number of amides is 1. The van der Waals surface area contributed by atoms with Gasteiger partial charge in [0.15, 0.2) is 0 Å². The van der Waals surface area contributed by atoms with E-state index in [-0.39, 0.29) is 5.91 Å². The number of aromatic amines is 1. The number of hydrogen-bond donors (Lipinski definition) is 1. The Bertz CT molecular complexity index is 601. The van der Waals surface area contributed by atoms with Crippen molar-refractivity contribution < 1.29 is 9.53 Å². The second kappa shape index (κ2) is 6.69. The van der Waals surface area contributed by atoms with E-state index in [0.717, 1.165) is 38.2 Å². The standard InChI is InChI=1S/C14H20N6O2/c1-22-10-13-9-20(18-17-13)8-11-2-4-19(5-3-11)14(21)12-6-15-16-7-12/h6-7,9,11H,2-5,8,10H2,1H3,(H,15,16). The zero-order chi connectivity index (χ0) is 15.4. The number of carbonyl (C=O) groups excluding carboxylic acids is 1. The number of nitrogens with one attached hydrogen (secondary N) is 1. The van der Waals surface area contributed by atoms with Crippen LogP contribution in [0, 0.1) is 5.92 Å². The van der Waals surface area contributed by atoms with E-state index in [0.29, 0.717) is 18.1 Å². The van der Waals surface area contributed by atoms with E-state index in [1.807, 2.05) is 15.8 Å². The molecular formula is C14H20N6O2. The number of ether oxygens (including phenoxy) is 1. The van der Waals surface area contributed by atoms with Crippen LogP contribution in [0.15, 0.2) is 18.6 Å². The van der Waals surface area contributed by atoms with Crippen molar-refractivity contribution in [2.24, 2.45) is 5.92 Å². The number of piperidine rings is 1. The van der Waals surface area contributed by atoms with E-state index in [1.165, 1.54) is 0 Å². The van der Waals surface area contributed by atoms with Gasteiger partial charge in [0.1, 0.15) is 5.69 Å². The third kappa shape index (κ3) is 3.33. The maximum Gasteiger partial charge on any atom is 0.257 e. The number of aromatic nitrogens is 5. The molecule has 1 aliphatic heterocycles. The van der Waals surface area contributed by atoms with Gasteiger partial charge < -0.3 is 9.64 Å². The summed E-state index contributed by atoms with van der Waals surface area (Å²) in [6.07, 6.45) is 7.08. The van der Waals surface area contributed by atoms with Crippen LogP contribution in [0.4, 0.5) is 0 Å². The van der Waals surface area contributed by atoms with Crippen LogP contribution >= 0.6 is 0 Å². The molecule has 0 saturated carbocycles. The summed E-state index contributed by atoms with van der Waals surface area (Å²) in [5, 5.41) is 14.7. The third-order valence-electron chi connectivity index (χ3n) is 3.97. The molecule has 1 aliphatic rings. The first-order valence-corrected chi connectivity index (χ1v) is 7.42. The summed E-state index contributed by atoms with van der Waals surface area (Å²) < 4.78 is 6.91. The number of methoxy groups -OCH3 is 1. The molecule has 2 aromatic rings. The Balaban J connectivity index is 1.50. The molecule has 118 valence electrons. The molecule has 0 spiro atoms. The van der Waals surface area contributed by atoms with Gasteiger partial charge in [-0.1, -0.05) is 5.21 Å². The molecule has 3 rings (SSSR count). The molecule has 3 heterocycles. The largest absolute Gasteiger partial charge is 0.378 e. The van der Waals surface area contributed by atoms with Gasteiger partial charge in [0.25, 0.3) is 5.91 Å². The average molecular weight is 304 g/mol. The molecule has 2 aromatic heterocycles. The molecule has 0 radical (unpaired) electrons. The predicted octanol–water partition coefficient (Wildman–Crippen LogP) is 0.700. The van der Waals surface area contributed by atoms with Gasteiger partial charge in [0, 0.05) is 32.9 Å². The normalized spacial score (nSPS) is 16.1. The zero-order valence-corrected chi connectivity index (χ0v) is 12.6. The SMILES string of the molecule is COCc1cn(CC2CCN(C(=O)c3cn[nH]c3)CC2)nn1. The smallest absolute Gasteiger partial charge is 0.257 e. The second-order valence-electron chi connectivity index (χ2n) is 5.59. The number of nitrogens with zero attached hydrogens (tertiary/aromatic N) is 5. The summed E-state index contributed by atoms with van der Waals surface area (Å²) in [4.78, 5) is 14.1. The fourth-order valence-corrected chi connectivity index (χ4v) is 2.78. The highest BCUT2D eigenvalue weighted by Crippen LogP contribution is 2.20. The molecule has 1 amide bonds. The number of hydrogen-bond acceptors (Lipinski definition) is 5. The van der Waals surface area contributed by atoms with Crippen molar-refractivity contribution in [2.75, 3.05) is 20.2 Å². The van der Waals surface area contributed by atoms with Gasteiger partial charge in [0.2, 0.25) is 0 Å². The van der Waals surface area contributed by atoms with Crippen molar-refractivity contribution in [1.82, 2.24) is 30.1 Å². The van der Waals surface area contributed by atoms with Crippen LogP contribution in [0.3, 0.4) is 0 Å². The third-order valence-corrected chi connectivity index (χ3v) is 3.97. The highest BCUT2D eigenvalue weighted by atomic mass is 16.5. The lowest BCUT2D eigenvalue weighted by molar-refractivity contribution is 0.0681. The van der Waals surface area contributed by atoms with Crippen molar-refractivity contribution in [2.45, 2.75) is 26.0 Å². The number of likely N-dealkylation sites (tertiary alicyclic amines) is 1. The fourth-order valence-electron chi connectivity index (χ4n) is 2.78. The molecule has 0 unspecified atom stereocenters. The quantitative estimate of drug-likeness (QED) is 0.878. The summed E-state index contributed by atoms with van der Waals surface area (Å²) in [6.45, 7) is 2.87. The fraction of sp³-hybridized carbons (Fsp3) is 0.571. The maximum absolute atomic E-state index is 12.2. The summed E-state index contributed by atoms with van der Waals surface area (Å²) in [5.41, 5.74) is 1.47. The first-order chi connectivity index (χ1) is 10.8. The summed E-state index contributed by atoms with van der Waals surface area (Å²) in [5.74, 6) is 0.570. The maximum atomic E-state index is 12.2. The molecule has 1 fully saturated rings. The zero-order valence-electron chi connectivity index (χ0n) is 12.6. The van der Waals surface area contributed by atoms with Crippen molar-refractivity contribution in [1.29, 1.82) is 0 Å². The first-order valence-electron chi connectivity index (χ1n) is 7.42. The minimum Gasteiger partial charge on any atom is -0.378 e. The van der Waals surface area contributed by atoms with Crippen LogP contribution in [-0.2, 0) is 17.9 Å². The van der Waals surface area contributed by atoms with E-state index in [1.54, 1.807) is 19.5 Å². The van der Waals surface area contributed by atoms with Gasteiger partial charge >= 0.3 is 0 Å². The molecule has 0 aliphatic carbocycles. The average Bonchev–Trinajstić information content (AvgIpc) is 3.20. The van der Waals surface area contributed by atoms with Crippen LogP contribution in [0.25, 0.3) is 0 Å². The first kappa shape index (κ1) is 14.7. The second-order valence-corrected chi connectivity index (χ2v) is 5.59. The van der Waals surface area contributed by atoms with E-state index >= 15 is 0 Å². The van der Waals surface area contributed by atoms with Gasteiger partial charge in [-0.3, -0.25) is 14.6 Å². The predicted molar refractivity (Wildman–Crippen MR) is 78.0 cm³/mol. The summed E-state index contributed by atoms with van der Waals surface area (Å²) in [7, 11) is 1.64. The lowest BCUT2D eigenvalue weighted by Crippen LogP contribution is -2.39. The van der Waals surface area contributed by atoms with Crippen LogP contribution in [-0.4, -0.2) is 56.2 Å². The van der Waals surface area contributed by atoms with E-state index in [2.05, 4.69) is 20.5 Å². The Morgan fingerprint density at radius 1 is 1.45 bits per heavy atom. The molecule has 22 heavy (non-hydrogen) atoms. The number of H-pyrrole nitrogens is 1. The molecule has 1 saturated heterocycles. The molecule has 0 atom stereocenters. The van der Waals surface area contributed by atoms with Gasteiger partial charge in [-0.15, -0.1) is 5.10 Å². The van der Waals surface area contributed by atoms with E-state index < -0.39 is 0 Å².